The first-order chi connectivity index (χ1) is 14.7. The lowest BCUT2D eigenvalue weighted by Crippen LogP contribution is -2.36. The maximum absolute atomic E-state index is 12.5. The Hall–Kier alpha value is -3.67. The molecule has 0 fully saturated rings. The van der Waals surface area contributed by atoms with Gasteiger partial charge in [0.2, 0.25) is 5.91 Å². The summed E-state index contributed by atoms with van der Waals surface area (Å²) in [5, 5.41) is 5.85. The summed E-state index contributed by atoms with van der Waals surface area (Å²) in [7, 11) is 0. The molecule has 0 aliphatic carbocycles. The van der Waals surface area contributed by atoms with Crippen LogP contribution in [0.1, 0.15) is 33.9 Å². The minimum absolute atomic E-state index is 0.106. The maximum Gasteiger partial charge on any atom is 0.252 e. The zero-order chi connectivity index (χ0) is 20.5. The molecule has 1 aromatic heterocycles. The van der Waals surface area contributed by atoms with Crippen LogP contribution in [0.15, 0.2) is 67.0 Å². The molecule has 0 bridgehead atoms. The van der Waals surface area contributed by atoms with Crippen molar-refractivity contribution in [1.29, 1.82) is 0 Å². The van der Waals surface area contributed by atoms with Crippen LogP contribution in [-0.4, -0.2) is 29.4 Å². The number of carbonyl (C=O) groups is 2. The predicted octanol–water partition coefficient (Wildman–Crippen LogP) is 3.04. The number of hydrogen-bond donors (Lipinski definition) is 2. The van der Waals surface area contributed by atoms with E-state index in [4.69, 9.17) is 4.74 Å². The molecule has 2 atom stereocenters. The molecule has 2 aromatic carbocycles. The fourth-order valence-corrected chi connectivity index (χ4v) is 4.18. The molecule has 0 saturated heterocycles. The summed E-state index contributed by atoms with van der Waals surface area (Å²) in [5.74, 6) is 0.646. The van der Waals surface area contributed by atoms with Crippen LogP contribution in [0.5, 0.6) is 5.75 Å². The van der Waals surface area contributed by atoms with Crippen molar-refractivity contribution in [2.45, 2.75) is 25.0 Å². The zero-order valence-electron chi connectivity index (χ0n) is 16.3. The molecule has 5 rings (SSSR count). The summed E-state index contributed by atoms with van der Waals surface area (Å²) in [5.41, 5.74) is 4.76. The van der Waals surface area contributed by atoms with E-state index >= 15 is 0 Å². The minimum atomic E-state index is -0.284. The smallest absolute Gasteiger partial charge is 0.252 e. The molecule has 3 heterocycles. The van der Waals surface area contributed by atoms with Crippen LogP contribution >= 0.6 is 0 Å². The summed E-state index contributed by atoms with van der Waals surface area (Å²) in [6.45, 7) is 0.422. The zero-order valence-corrected chi connectivity index (χ0v) is 16.3. The number of rotatable bonds is 5. The standard InChI is InChI=1S/C24H21N3O3/c28-22(13-21-19-5-1-2-6-20(19)24(29)27-21)26-14-17-12-16-4-3-7-18(23(16)30-17)15-8-10-25-11-9-15/h1-11,17,21H,12-14H2,(H,26,28)(H,27,29)/t17-,21-/m1/s1. The van der Waals surface area contributed by atoms with Gasteiger partial charge in [-0.05, 0) is 34.9 Å². The van der Waals surface area contributed by atoms with Crippen LogP contribution in [0.3, 0.4) is 0 Å². The van der Waals surface area contributed by atoms with E-state index in [1.807, 2.05) is 42.5 Å². The number of amides is 2. The van der Waals surface area contributed by atoms with E-state index in [1.165, 1.54) is 0 Å². The highest BCUT2D eigenvalue weighted by Gasteiger charge is 2.30. The molecular weight excluding hydrogens is 378 g/mol. The molecule has 2 amide bonds. The number of nitrogens with one attached hydrogen (secondary N) is 2. The fourth-order valence-electron chi connectivity index (χ4n) is 4.18. The number of carbonyl (C=O) groups excluding carboxylic acids is 2. The number of pyridine rings is 1. The van der Waals surface area contributed by atoms with Gasteiger partial charge in [0.05, 0.1) is 19.0 Å². The number of para-hydroxylation sites is 1. The van der Waals surface area contributed by atoms with Crippen LogP contribution in [0.4, 0.5) is 0 Å². The van der Waals surface area contributed by atoms with E-state index in [1.54, 1.807) is 18.5 Å². The summed E-state index contributed by atoms with van der Waals surface area (Å²) in [6.07, 6.45) is 4.38. The molecule has 0 unspecified atom stereocenters. The first-order valence-corrected chi connectivity index (χ1v) is 10.0. The molecule has 0 spiro atoms. The lowest BCUT2D eigenvalue weighted by Gasteiger charge is -2.15. The van der Waals surface area contributed by atoms with Gasteiger partial charge in [-0.1, -0.05) is 36.4 Å². The summed E-state index contributed by atoms with van der Waals surface area (Å²) >= 11 is 0. The third kappa shape index (κ3) is 3.41. The molecular formula is C24H21N3O3. The molecule has 2 aliphatic heterocycles. The Morgan fingerprint density at radius 2 is 1.87 bits per heavy atom. The van der Waals surface area contributed by atoms with Crippen LogP contribution in [-0.2, 0) is 11.2 Å². The summed E-state index contributed by atoms with van der Waals surface area (Å²) < 4.78 is 6.18. The molecule has 2 N–H and O–H groups in total. The molecule has 150 valence electrons. The monoisotopic (exact) mass is 399 g/mol. The number of fused-ring (bicyclic) bond motifs is 2. The van der Waals surface area contributed by atoms with Crippen LogP contribution < -0.4 is 15.4 Å². The van der Waals surface area contributed by atoms with Gasteiger partial charge >= 0.3 is 0 Å². The van der Waals surface area contributed by atoms with Gasteiger partial charge in [0.15, 0.2) is 0 Å². The number of benzene rings is 2. The number of ether oxygens (including phenoxy) is 1. The lowest BCUT2D eigenvalue weighted by molar-refractivity contribution is -0.121. The lowest BCUT2D eigenvalue weighted by atomic mass is 10.0. The largest absolute Gasteiger partial charge is 0.487 e. The second-order valence-corrected chi connectivity index (χ2v) is 7.60. The van der Waals surface area contributed by atoms with E-state index in [9.17, 15) is 9.59 Å². The van der Waals surface area contributed by atoms with Gasteiger partial charge in [-0.2, -0.15) is 0 Å². The van der Waals surface area contributed by atoms with E-state index in [2.05, 4.69) is 21.7 Å². The Kier molecular flexibility index (Phi) is 4.67. The minimum Gasteiger partial charge on any atom is -0.487 e. The van der Waals surface area contributed by atoms with Crippen molar-refractivity contribution in [3.05, 3.63) is 83.7 Å². The Morgan fingerprint density at radius 1 is 1.07 bits per heavy atom. The van der Waals surface area contributed by atoms with E-state index < -0.39 is 0 Å². The van der Waals surface area contributed by atoms with Crippen molar-refractivity contribution in [2.24, 2.45) is 0 Å². The summed E-state index contributed by atoms with van der Waals surface area (Å²) in [4.78, 5) is 28.6. The topological polar surface area (TPSA) is 80.3 Å². The number of hydrogen-bond acceptors (Lipinski definition) is 4. The average Bonchev–Trinajstić information content (AvgIpc) is 3.34. The molecule has 30 heavy (non-hydrogen) atoms. The van der Waals surface area contributed by atoms with Crippen LogP contribution in [0.2, 0.25) is 0 Å². The molecule has 3 aromatic rings. The van der Waals surface area contributed by atoms with Crippen molar-refractivity contribution >= 4 is 11.8 Å². The van der Waals surface area contributed by atoms with Crippen molar-refractivity contribution in [1.82, 2.24) is 15.6 Å². The van der Waals surface area contributed by atoms with Gasteiger partial charge in [-0.25, -0.2) is 0 Å². The highest BCUT2D eigenvalue weighted by Crippen LogP contribution is 2.38. The van der Waals surface area contributed by atoms with Crippen molar-refractivity contribution < 1.29 is 14.3 Å². The first-order valence-electron chi connectivity index (χ1n) is 10.0. The van der Waals surface area contributed by atoms with E-state index in [0.717, 1.165) is 34.4 Å². The van der Waals surface area contributed by atoms with Gasteiger partial charge in [0, 0.05) is 29.9 Å². The normalized spacial score (nSPS) is 18.9. The second-order valence-electron chi connectivity index (χ2n) is 7.60. The Balaban J connectivity index is 1.21. The van der Waals surface area contributed by atoms with Crippen LogP contribution in [0, 0.1) is 0 Å². The molecule has 0 radical (unpaired) electrons. The third-order valence-electron chi connectivity index (χ3n) is 5.62. The quantitative estimate of drug-likeness (QED) is 0.691. The maximum atomic E-state index is 12.5. The predicted molar refractivity (Wildman–Crippen MR) is 112 cm³/mol. The molecule has 6 heteroatoms. The Labute approximate surface area is 174 Å². The van der Waals surface area contributed by atoms with Crippen molar-refractivity contribution in [3.8, 4) is 16.9 Å². The van der Waals surface area contributed by atoms with Crippen LogP contribution in [0.25, 0.3) is 11.1 Å². The fraction of sp³-hybridized carbons (Fsp3) is 0.208. The SMILES string of the molecule is O=C(C[C@H]1NC(=O)c2ccccc21)NC[C@H]1Cc2cccc(-c3ccncc3)c2O1. The Morgan fingerprint density at radius 3 is 2.73 bits per heavy atom. The molecule has 2 aliphatic rings. The molecule has 0 saturated carbocycles. The van der Waals surface area contributed by atoms with Gasteiger partial charge < -0.3 is 15.4 Å². The van der Waals surface area contributed by atoms with Gasteiger partial charge in [0.1, 0.15) is 11.9 Å². The average molecular weight is 399 g/mol. The summed E-state index contributed by atoms with van der Waals surface area (Å²) in [6, 6.07) is 17.2. The third-order valence-corrected chi connectivity index (χ3v) is 5.62. The second kappa shape index (κ2) is 7.63. The number of aromatic nitrogens is 1. The highest BCUT2D eigenvalue weighted by atomic mass is 16.5. The van der Waals surface area contributed by atoms with Gasteiger partial charge in [-0.15, -0.1) is 0 Å². The van der Waals surface area contributed by atoms with E-state index in [-0.39, 0.29) is 30.4 Å². The van der Waals surface area contributed by atoms with Crippen molar-refractivity contribution in [3.63, 3.8) is 0 Å². The Bertz CT molecular complexity index is 1110. The highest BCUT2D eigenvalue weighted by molar-refractivity contribution is 5.99. The molecule has 6 nitrogen and oxygen atoms in total. The van der Waals surface area contributed by atoms with Gasteiger partial charge in [-0.3, -0.25) is 14.6 Å². The van der Waals surface area contributed by atoms with Gasteiger partial charge in [0.25, 0.3) is 5.91 Å². The van der Waals surface area contributed by atoms with Crippen molar-refractivity contribution in [2.75, 3.05) is 6.54 Å². The first kappa shape index (κ1) is 18.4. The number of nitrogens with zero attached hydrogens (tertiary/aromatic N) is 1. The van der Waals surface area contributed by atoms with E-state index in [0.29, 0.717) is 12.1 Å².